The lowest BCUT2D eigenvalue weighted by atomic mass is 10.2. The molecule has 176 valence electrons. The van der Waals surface area contributed by atoms with Crippen molar-refractivity contribution in [1.82, 2.24) is 9.13 Å². The van der Waals surface area contributed by atoms with Gasteiger partial charge in [0.1, 0.15) is 22.9 Å². The van der Waals surface area contributed by atoms with E-state index in [4.69, 9.17) is 21.1 Å². The van der Waals surface area contributed by atoms with E-state index < -0.39 is 17.2 Å². The highest BCUT2D eigenvalue weighted by Gasteiger charge is 2.20. The maximum absolute atomic E-state index is 13.5. The van der Waals surface area contributed by atoms with Gasteiger partial charge in [-0.3, -0.25) is 14.2 Å². The number of methoxy groups -OCH3 is 2. The lowest BCUT2D eigenvalue weighted by molar-refractivity contribution is -0.116. The van der Waals surface area contributed by atoms with Gasteiger partial charge in [0.2, 0.25) is 5.91 Å². The lowest BCUT2D eigenvalue weighted by Gasteiger charge is -2.14. The molecular weight excluding hydrogens is 478 g/mol. The summed E-state index contributed by atoms with van der Waals surface area (Å²) in [5.74, 6) is 0.542. The molecule has 0 bridgehead atoms. The van der Waals surface area contributed by atoms with Crippen LogP contribution in [0.25, 0.3) is 15.9 Å². The van der Waals surface area contributed by atoms with E-state index in [0.29, 0.717) is 44.5 Å². The lowest BCUT2D eigenvalue weighted by Crippen LogP contribution is -2.40. The third kappa shape index (κ3) is 4.44. The van der Waals surface area contributed by atoms with Crippen molar-refractivity contribution in [3.63, 3.8) is 0 Å². The van der Waals surface area contributed by atoms with E-state index >= 15 is 0 Å². The van der Waals surface area contributed by atoms with Gasteiger partial charge < -0.3 is 14.8 Å². The smallest absolute Gasteiger partial charge is 0.337 e. The van der Waals surface area contributed by atoms with E-state index in [-0.39, 0.29) is 6.54 Å². The summed E-state index contributed by atoms with van der Waals surface area (Å²) in [6, 6.07) is 13.2. The number of aryl methyl sites for hydroxylation is 1. The molecule has 0 atom stereocenters. The highest BCUT2D eigenvalue weighted by molar-refractivity contribution is 7.18. The van der Waals surface area contributed by atoms with Gasteiger partial charge in [-0.1, -0.05) is 24.6 Å². The summed E-state index contributed by atoms with van der Waals surface area (Å²) >= 11 is 7.42. The topological polar surface area (TPSA) is 91.6 Å². The number of rotatable bonds is 7. The van der Waals surface area contributed by atoms with Crippen LogP contribution in [0, 0.1) is 0 Å². The Kier molecular flexibility index (Phi) is 6.76. The molecule has 4 rings (SSSR count). The van der Waals surface area contributed by atoms with Crippen LogP contribution in [0.2, 0.25) is 5.02 Å². The molecule has 34 heavy (non-hydrogen) atoms. The minimum absolute atomic E-state index is 0.297. The highest BCUT2D eigenvalue weighted by Crippen LogP contribution is 2.29. The van der Waals surface area contributed by atoms with Gasteiger partial charge in [-0.15, -0.1) is 11.3 Å². The molecule has 0 saturated carbocycles. The summed E-state index contributed by atoms with van der Waals surface area (Å²) in [6.07, 6.45) is 0.694. The fourth-order valence-corrected chi connectivity index (χ4v) is 4.85. The molecule has 2 heterocycles. The van der Waals surface area contributed by atoms with Crippen molar-refractivity contribution in [2.75, 3.05) is 19.5 Å². The molecule has 2 aromatic carbocycles. The Morgan fingerprint density at radius 1 is 1.09 bits per heavy atom. The number of hydrogen-bond acceptors (Lipinski definition) is 6. The van der Waals surface area contributed by atoms with Crippen LogP contribution in [0.3, 0.4) is 0 Å². The van der Waals surface area contributed by atoms with Gasteiger partial charge in [-0.2, -0.15) is 0 Å². The van der Waals surface area contributed by atoms with Crippen LogP contribution in [0.5, 0.6) is 11.5 Å². The quantitative estimate of drug-likeness (QED) is 0.413. The standard InChI is InChI=1S/C24H22ClN3O5S/c1-4-17-12-18-22(30)28(15-7-5-6-14(25)10-15)24(31)27(23(18)34-17)13-21(29)26-19-9-8-16(32-2)11-20(19)33-3/h5-12H,4,13H2,1-3H3,(H,26,29). The number of benzene rings is 2. The minimum atomic E-state index is -0.624. The van der Waals surface area contributed by atoms with Crippen LogP contribution in [-0.4, -0.2) is 29.3 Å². The third-order valence-corrected chi connectivity index (χ3v) is 6.80. The van der Waals surface area contributed by atoms with E-state index in [9.17, 15) is 14.4 Å². The summed E-state index contributed by atoms with van der Waals surface area (Å²) in [6.45, 7) is 1.67. The molecule has 0 fully saturated rings. The Labute approximate surface area is 203 Å². The highest BCUT2D eigenvalue weighted by atomic mass is 35.5. The van der Waals surface area contributed by atoms with Crippen molar-refractivity contribution in [3.8, 4) is 17.2 Å². The number of thiophene rings is 1. The van der Waals surface area contributed by atoms with E-state index in [0.717, 1.165) is 9.44 Å². The van der Waals surface area contributed by atoms with Gasteiger partial charge in [0.05, 0.1) is 31.0 Å². The number of fused-ring (bicyclic) bond motifs is 1. The largest absolute Gasteiger partial charge is 0.497 e. The number of carbonyl (C=O) groups excluding carboxylic acids is 1. The normalized spacial score (nSPS) is 10.9. The van der Waals surface area contributed by atoms with Crippen molar-refractivity contribution in [1.29, 1.82) is 0 Å². The van der Waals surface area contributed by atoms with Gasteiger partial charge in [0.25, 0.3) is 5.56 Å². The molecule has 0 spiro atoms. The maximum Gasteiger partial charge on any atom is 0.337 e. The SMILES string of the molecule is CCc1cc2c(=O)n(-c3cccc(Cl)c3)c(=O)n(CC(=O)Nc3ccc(OC)cc3OC)c2s1. The number of amides is 1. The average molecular weight is 500 g/mol. The summed E-state index contributed by atoms with van der Waals surface area (Å²) in [5, 5.41) is 3.53. The van der Waals surface area contributed by atoms with Crippen LogP contribution in [0.4, 0.5) is 5.69 Å². The molecule has 0 aliphatic rings. The average Bonchev–Trinajstić information content (AvgIpc) is 3.27. The second kappa shape index (κ2) is 9.74. The van der Waals surface area contributed by atoms with Crippen LogP contribution in [0.15, 0.2) is 58.1 Å². The zero-order chi connectivity index (χ0) is 24.4. The molecule has 0 aliphatic carbocycles. The van der Waals surface area contributed by atoms with Gasteiger partial charge >= 0.3 is 5.69 Å². The zero-order valence-electron chi connectivity index (χ0n) is 18.8. The third-order valence-electron chi connectivity index (χ3n) is 5.26. The molecule has 8 nitrogen and oxygen atoms in total. The van der Waals surface area contributed by atoms with E-state index in [2.05, 4.69) is 5.32 Å². The first-order valence-electron chi connectivity index (χ1n) is 10.4. The molecule has 10 heteroatoms. The Balaban J connectivity index is 1.81. The molecule has 0 saturated heterocycles. The van der Waals surface area contributed by atoms with Crippen LogP contribution in [-0.2, 0) is 17.8 Å². The number of hydrogen-bond donors (Lipinski definition) is 1. The van der Waals surface area contributed by atoms with E-state index in [1.807, 2.05) is 6.92 Å². The van der Waals surface area contributed by atoms with Gasteiger partial charge in [-0.25, -0.2) is 9.36 Å². The van der Waals surface area contributed by atoms with Crippen molar-refractivity contribution >= 4 is 44.7 Å². The van der Waals surface area contributed by atoms with Gasteiger partial charge in [0, 0.05) is 16.0 Å². The molecule has 0 radical (unpaired) electrons. The second-order valence-electron chi connectivity index (χ2n) is 7.39. The molecule has 4 aromatic rings. The molecule has 1 N–H and O–H groups in total. The van der Waals surface area contributed by atoms with E-state index in [1.54, 1.807) is 42.5 Å². The number of ether oxygens (including phenoxy) is 2. The van der Waals surface area contributed by atoms with Crippen molar-refractivity contribution in [2.24, 2.45) is 0 Å². The van der Waals surface area contributed by atoms with Crippen LogP contribution >= 0.6 is 22.9 Å². The van der Waals surface area contributed by atoms with Crippen LogP contribution < -0.4 is 26.0 Å². The molecule has 1 amide bonds. The Bertz CT molecular complexity index is 1510. The monoisotopic (exact) mass is 499 g/mol. The number of halogens is 1. The van der Waals surface area contributed by atoms with Crippen molar-refractivity contribution in [2.45, 2.75) is 19.9 Å². The van der Waals surface area contributed by atoms with Gasteiger partial charge in [-0.05, 0) is 42.8 Å². The zero-order valence-corrected chi connectivity index (χ0v) is 20.3. The van der Waals surface area contributed by atoms with Crippen molar-refractivity contribution in [3.05, 3.63) is 79.3 Å². The Hall–Kier alpha value is -3.56. The summed E-state index contributed by atoms with van der Waals surface area (Å²) in [5.41, 5.74) is -0.311. The second-order valence-corrected chi connectivity index (χ2v) is 8.94. The van der Waals surface area contributed by atoms with E-state index in [1.165, 1.54) is 36.2 Å². The van der Waals surface area contributed by atoms with Gasteiger partial charge in [0.15, 0.2) is 0 Å². The minimum Gasteiger partial charge on any atom is -0.497 e. The summed E-state index contributed by atoms with van der Waals surface area (Å²) < 4.78 is 12.9. The molecule has 0 aliphatic heterocycles. The number of nitrogens with one attached hydrogen (secondary N) is 1. The Morgan fingerprint density at radius 2 is 1.88 bits per heavy atom. The summed E-state index contributed by atoms with van der Waals surface area (Å²) in [7, 11) is 3.02. The first-order valence-corrected chi connectivity index (χ1v) is 11.6. The number of carbonyl (C=O) groups is 1. The van der Waals surface area contributed by atoms with Crippen molar-refractivity contribution < 1.29 is 14.3 Å². The number of anilines is 1. The predicted molar refractivity (Wildman–Crippen MR) is 134 cm³/mol. The molecule has 0 unspecified atom stereocenters. The molecular formula is C24H22ClN3O5S. The summed E-state index contributed by atoms with van der Waals surface area (Å²) in [4.78, 5) is 41.1. The molecule has 2 aromatic heterocycles. The number of nitrogens with zero attached hydrogens (tertiary/aromatic N) is 2. The fourth-order valence-electron chi connectivity index (χ4n) is 3.59. The fraction of sp³-hybridized carbons (Fsp3) is 0.208. The maximum atomic E-state index is 13.5. The Morgan fingerprint density at radius 3 is 2.56 bits per heavy atom. The first kappa shape index (κ1) is 23.6. The number of aromatic nitrogens is 2. The van der Waals surface area contributed by atoms with Crippen LogP contribution in [0.1, 0.15) is 11.8 Å². The first-order chi connectivity index (χ1) is 16.4. The predicted octanol–water partition coefficient (Wildman–Crippen LogP) is 4.09.